The van der Waals surface area contributed by atoms with Gasteiger partial charge in [0.25, 0.3) is 0 Å². The molecule has 2 fully saturated rings. The van der Waals surface area contributed by atoms with Crippen LogP contribution < -0.4 is 15.0 Å². The molecule has 1 aromatic heterocycles. The zero-order chi connectivity index (χ0) is 24.9. The molecule has 0 spiro atoms. The van der Waals surface area contributed by atoms with Crippen molar-refractivity contribution in [3.05, 3.63) is 76.3 Å². The van der Waals surface area contributed by atoms with Crippen LogP contribution in [-0.2, 0) is 29.1 Å². The van der Waals surface area contributed by atoms with Gasteiger partial charge < -0.3 is 19.7 Å². The minimum Gasteiger partial charge on any atom is -0.488 e. The van der Waals surface area contributed by atoms with E-state index in [0.717, 1.165) is 60.9 Å². The third-order valence-corrected chi connectivity index (χ3v) is 8.17. The molecule has 3 heterocycles. The molecule has 0 amide bonds. The number of aromatic nitrogens is 1. The SMILES string of the molecule is COC(=O)[C@]12C[C@H]1CN(c1cccc(-c3cccc(C)c3OCc3cc(C)c4c(c3)CCNC4)n1)C2. The fraction of sp³-hybridized carbons (Fsp3) is 0.400. The first-order valence-corrected chi connectivity index (χ1v) is 12.8. The number of para-hydroxylation sites is 1. The summed E-state index contributed by atoms with van der Waals surface area (Å²) in [7, 11) is 1.48. The maximum absolute atomic E-state index is 12.3. The number of hydrogen-bond donors (Lipinski definition) is 1. The quantitative estimate of drug-likeness (QED) is 0.518. The Bertz CT molecular complexity index is 1340. The van der Waals surface area contributed by atoms with Gasteiger partial charge in [-0.2, -0.15) is 0 Å². The molecule has 1 saturated heterocycles. The van der Waals surface area contributed by atoms with Gasteiger partial charge in [-0.05, 0) is 85.2 Å². The number of pyridine rings is 1. The molecule has 0 radical (unpaired) electrons. The number of nitrogens with zero attached hydrogens (tertiary/aromatic N) is 2. The number of piperidine rings is 1. The van der Waals surface area contributed by atoms with Crippen LogP contribution in [0, 0.1) is 25.2 Å². The van der Waals surface area contributed by atoms with Gasteiger partial charge in [0.1, 0.15) is 18.2 Å². The summed E-state index contributed by atoms with van der Waals surface area (Å²) in [6, 6.07) is 16.9. The molecule has 6 nitrogen and oxygen atoms in total. The number of rotatable bonds is 6. The highest BCUT2D eigenvalue weighted by atomic mass is 16.5. The minimum atomic E-state index is -0.340. The van der Waals surface area contributed by atoms with Crippen LogP contribution in [0.2, 0.25) is 0 Å². The lowest BCUT2D eigenvalue weighted by Gasteiger charge is -2.22. The number of benzene rings is 2. The van der Waals surface area contributed by atoms with Crippen molar-refractivity contribution in [2.24, 2.45) is 11.3 Å². The van der Waals surface area contributed by atoms with Crippen LogP contribution in [-0.4, -0.2) is 37.7 Å². The molecule has 186 valence electrons. The van der Waals surface area contributed by atoms with Crippen LogP contribution in [0.1, 0.15) is 34.2 Å². The van der Waals surface area contributed by atoms with Crippen molar-refractivity contribution in [2.75, 3.05) is 31.6 Å². The van der Waals surface area contributed by atoms with Crippen LogP contribution in [0.25, 0.3) is 11.3 Å². The number of methoxy groups -OCH3 is 1. The maximum Gasteiger partial charge on any atom is 0.313 e. The number of anilines is 1. The molecule has 0 unspecified atom stereocenters. The number of ether oxygens (including phenoxy) is 2. The lowest BCUT2D eigenvalue weighted by Crippen LogP contribution is -2.29. The van der Waals surface area contributed by atoms with E-state index in [4.69, 9.17) is 14.5 Å². The zero-order valence-corrected chi connectivity index (χ0v) is 21.3. The van der Waals surface area contributed by atoms with E-state index >= 15 is 0 Å². The molecule has 2 aromatic carbocycles. The Labute approximate surface area is 212 Å². The van der Waals surface area contributed by atoms with Crippen molar-refractivity contribution < 1.29 is 14.3 Å². The first kappa shape index (κ1) is 23.0. The second-order valence-electron chi connectivity index (χ2n) is 10.5. The van der Waals surface area contributed by atoms with Gasteiger partial charge >= 0.3 is 5.97 Å². The van der Waals surface area contributed by atoms with Crippen molar-refractivity contribution >= 4 is 11.8 Å². The van der Waals surface area contributed by atoms with Gasteiger partial charge in [-0.25, -0.2) is 4.98 Å². The van der Waals surface area contributed by atoms with E-state index in [1.807, 2.05) is 18.2 Å². The third-order valence-electron chi connectivity index (χ3n) is 8.17. The fourth-order valence-electron chi connectivity index (χ4n) is 6.09. The van der Waals surface area contributed by atoms with Gasteiger partial charge in [-0.15, -0.1) is 0 Å². The number of nitrogens with one attached hydrogen (secondary N) is 1. The second kappa shape index (κ2) is 8.93. The van der Waals surface area contributed by atoms with Crippen LogP contribution in [0.4, 0.5) is 5.82 Å². The topological polar surface area (TPSA) is 63.7 Å². The monoisotopic (exact) mass is 483 g/mol. The molecule has 6 rings (SSSR count). The standard InChI is InChI=1S/C30H33N3O3/c1-19-6-4-7-24(28(19)36-17-21-12-20(2)25-15-31-11-10-22(25)13-21)26-8-5-9-27(32-26)33-16-23-14-30(23,18-33)29(34)35-3/h4-9,12-13,23,31H,10-11,14-18H2,1-3H3/t23-,30-/m0/s1. The summed E-state index contributed by atoms with van der Waals surface area (Å²) in [6.07, 6.45) is 1.98. The second-order valence-corrected chi connectivity index (χ2v) is 10.5. The van der Waals surface area contributed by atoms with E-state index < -0.39 is 0 Å². The predicted octanol–water partition coefficient (Wildman–Crippen LogP) is 4.59. The summed E-state index contributed by atoms with van der Waals surface area (Å²) in [6.45, 7) is 8.29. The van der Waals surface area contributed by atoms with Gasteiger partial charge in [0.05, 0.1) is 18.2 Å². The van der Waals surface area contributed by atoms with E-state index in [0.29, 0.717) is 19.1 Å². The molecule has 2 atom stereocenters. The summed E-state index contributed by atoms with van der Waals surface area (Å²) in [4.78, 5) is 19.6. The van der Waals surface area contributed by atoms with Crippen molar-refractivity contribution in [3.63, 3.8) is 0 Å². The lowest BCUT2D eigenvalue weighted by atomic mass is 9.94. The number of carbonyl (C=O) groups excluding carboxylic acids is 1. The highest BCUT2D eigenvalue weighted by Crippen LogP contribution is 2.59. The average molecular weight is 484 g/mol. The Kier molecular flexibility index (Phi) is 5.72. The summed E-state index contributed by atoms with van der Waals surface area (Å²) < 4.78 is 11.6. The third kappa shape index (κ3) is 3.94. The Morgan fingerprint density at radius 1 is 1.17 bits per heavy atom. The molecule has 0 bridgehead atoms. The number of aryl methyl sites for hydroxylation is 2. The summed E-state index contributed by atoms with van der Waals surface area (Å²) in [5.41, 5.74) is 8.00. The molecular weight excluding hydrogens is 450 g/mol. The highest BCUT2D eigenvalue weighted by molar-refractivity contribution is 5.83. The highest BCUT2D eigenvalue weighted by Gasteiger charge is 2.66. The van der Waals surface area contributed by atoms with Gasteiger partial charge in [-0.1, -0.05) is 30.3 Å². The van der Waals surface area contributed by atoms with E-state index in [9.17, 15) is 4.79 Å². The summed E-state index contributed by atoms with van der Waals surface area (Å²) >= 11 is 0. The maximum atomic E-state index is 12.3. The Morgan fingerprint density at radius 3 is 2.89 bits per heavy atom. The predicted molar refractivity (Wildman–Crippen MR) is 140 cm³/mol. The van der Waals surface area contributed by atoms with Crippen LogP contribution >= 0.6 is 0 Å². The number of fused-ring (bicyclic) bond motifs is 2. The first-order valence-electron chi connectivity index (χ1n) is 12.8. The number of hydrogen-bond acceptors (Lipinski definition) is 6. The van der Waals surface area contributed by atoms with Crippen molar-refractivity contribution in [3.8, 4) is 17.0 Å². The molecule has 3 aromatic rings. The summed E-state index contributed by atoms with van der Waals surface area (Å²) in [5, 5.41) is 3.47. The normalized spacial score (nSPS) is 22.1. The Morgan fingerprint density at radius 2 is 2.03 bits per heavy atom. The molecule has 6 heteroatoms. The summed E-state index contributed by atoms with van der Waals surface area (Å²) in [5.74, 6) is 2.04. The molecule has 1 saturated carbocycles. The van der Waals surface area contributed by atoms with Crippen LogP contribution in [0.3, 0.4) is 0 Å². The smallest absolute Gasteiger partial charge is 0.313 e. The van der Waals surface area contributed by atoms with Gasteiger partial charge in [-0.3, -0.25) is 4.79 Å². The van der Waals surface area contributed by atoms with E-state index in [1.54, 1.807) is 0 Å². The lowest BCUT2D eigenvalue weighted by molar-refractivity contribution is -0.146. The van der Waals surface area contributed by atoms with Crippen molar-refractivity contribution in [1.82, 2.24) is 10.3 Å². The average Bonchev–Trinajstić information content (AvgIpc) is 3.47. The molecule has 3 aliphatic rings. The van der Waals surface area contributed by atoms with Crippen LogP contribution in [0.5, 0.6) is 5.75 Å². The number of esters is 1. The molecule has 2 aliphatic heterocycles. The largest absolute Gasteiger partial charge is 0.488 e. The van der Waals surface area contributed by atoms with E-state index in [1.165, 1.54) is 29.4 Å². The van der Waals surface area contributed by atoms with E-state index in [2.05, 4.69) is 54.4 Å². The van der Waals surface area contributed by atoms with Gasteiger partial charge in [0, 0.05) is 25.2 Å². The molecule has 1 N–H and O–H groups in total. The minimum absolute atomic E-state index is 0.0887. The van der Waals surface area contributed by atoms with E-state index in [-0.39, 0.29) is 11.4 Å². The van der Waals surface area contributed by atoms with Crippen molar-refractivity contribution in [2.45, 2.75) is 39.8 Å². The molecule has 1 aliphatic carbocycles. The first-order chi connectivity index (χ1) is 17.5. The Hall–Kier alpha value is -3.38. The van der Waals surface area contributed by atoms with Gasteiger partial charge in [0.15, 0.2) is 0 Å². The van der Waals surface area contributed by atoms with Crippen molar-refractivity contribution in [1.29, 1.82) is 0 Å². The van der Waals surface area contributed by atoms with Crippen LogP contribution in [0.15, 0.2) is 48.5 Å². The zero-order valence-electron chi connectivity index (χ0n) is 21.3. The fourth-order valence-corrected chi connectivity index (χ4v) is 6.09. The number of carbonyl (C=O) groups is 1. The molecule has 36 heavy (non-hydrogen) atoms. The Balaban J connectivity index is 1.25. The van der Waals surface area contributed by atoms with Gasteiger partial charge in [0.2, 0.25) is 0 Å². The molecular formula is C30H33N3O3.